The van der Waals surface area contributed by atoms with E-state index in [1.54, 1.807) is 0 Å². The first-order valence-electron chi connectivity index (χ1n) is 4.49. The number of carboxylic acid groups (broad SMARTS) is 4. The van der Waals surface area contributed by atoms with Crippen molar-refractivity contribution >= 4 is 31.2 Å². The van der Waals surface area contributed by atoms with Gasteiger partial charge in [0.05, 0.1) is 0 Å². The summed E-state index contributed by atoms with van der Waals surface area (Å²) >= 11 is 0. The third kappa shape index (κ3) is 735. The monoisotopic (exact) mass is 302 g/mol. The zero-order chi connectivity index (χ0) is 17.9. The molecule has 0 fully saturated rings. The van der Waals surface area contributed by atoms with E-state index in [4.69, 9.17) is 54.7 Å². The molecule has 0 aliphatic carbocycles. The summed E-state index contributed by atoms with van der Waals surface area (Å²) in [7, 11) is -2.17. The van der Waals surface area contributed by atoms with Gasteiger partial charge in [0.25, 0.3) is 23.9 Å². The van der Waals surface area contributed by atoms with Crippen molar-refractivity contribution < 1.29 is 54.7 Å². The highest BCUT2D eigenvalue weighted by Crippen LogP contribution is 1.43. The van der Waals surface area contributed by atoms with Gasteiger partial charge in [-0.1, -0.05) is 0 Å². The Morgan fingerprint density at radius 2 is 0.550 bits per heavy atom. The molecule has 12 heteroatoms. The average Bonchev–Trinajstić information content (AvgIpc) is 1.94. The zero-order valence-electron chi connectivity index (χ0n) is 11.3. The Morgan fingerprint density at radius 3 is 0.550 bits per heavy atom. The maximum absolute atomic E-state index is 9.00. The Morgan fingerprint density at radius 1 is 0.550 bits per heavy atom. The van der Waals surface area contributed by atoms with Crippen LogP contribution in [0.15, 0.2) is 0 Å². The lowest BCUT2D eigenvalue weighted by atomic mass is 10.3. The molecule has 0 amide bonds. The molecule has 0 aromatic rings. The first-order chi connectivity index (χ1) is 8.66. The van der Waals surface area contributed by atoms with Crippen LogP contribution < -0.4 is 0 Å². The summed E-state index contributed by atoms with van der Waals surface area (Å²) in [4.78, 5) is 36.0. The Hall–Kier alpha value is -2.18. The topological polar surface area (TPSA) is 210 Å². The quantitative estimate of drug-likeness (QED) is 0.251. The van der Waals surface area contributed by atoms with Crippen LogP contribution in [0.2, 0.25) is 0 Å². The summed E-state index contributed by atoms with van der Waals surface area (Å²) in [5, 5.41) is 51.2. The van der Waals surface area contributed by atoms with E-state index in [1.165, 1.54) is 0 Å². The first-order valence-corrected chi connectivity index (χ1v) is 4.49. The fourth-order valence-electron chi connectivity index (χ4n) is 0. The zero-order valence-corrected chi connectivity index (χ0v) is 11.3. The van der Waals surface area contributed by atoms with Crippen LogP contribution in [-0.2, 0) is 19.2 Å². The SMILES string of the molecule is CC(=O)O.CC(=O)O.CC(=O)O.CC(=O)O.OB(O)O. The molecule has 120 valence electrons. The predicted octanol–water partition coefficient (Wildman–Crippen LogP) is -1.69. The number of carboxylic acids is 4. The molecule has 0 bridgehead atoms. The van der Waals surface area contributed by atoms with Crippen LogP contribution in [0.3, 0.4) is 0 Å². The lowest BCUT2D eigenvalue weighted by Crippen LogP contribution is -2.07. The number of carbonyl (C=O) groups is 4. The van der Waals surface area contributed by atoms with Gasteiger partial charge in [-0.15, -0.1) is 0 Å². The Balaban J connectivity index is -0.0000000469. The molecule has 0 aromatic heterocycles. The van der Waals surface area contributed by atoms with Gasteiger partial charge in [0, 0.05) is 27.7 Å². The Bertz CT molecular complexity index is 196. The lowest BCUT2D eigenvalue weighted by Gasteiger charge is -1.69. The van der Waals surface area contributed by atoms with Gasteiger partial charge in [-0.2, -0.15) is 0 Å². The molecule has 0 aromatic carbocycles. The van der Waals surface area contributed by atoms with E-state index in [0.717, 1.165) is 27.7 Å². The second-order valence-electron chi connectivity index (χ2n) is 2.42. The van der Waals surface area contributed by atoms with Crippen LogP contribution in [-0.4, -0.2) is 66.7 Å². The van der Waals surface area contributed by atoms with Crippen molar-refractivity contribution in [3.8, 4) is 0 Å². The van der Waals surface area contributed by atoms with Gasteiger partial charge in [-0.25, -0.2) is 0 Å². The van der Waals surface area contributed by atoms with Gasteiger partial charge in [-0.3, -0.25) is 19.2 Å². The van der Waals surface area contributed by atoms with Gasteiger partial charge in [0.1, 0.15) is 0 Å². The molecule has 0 heterocycles. The minimum absolute atomic E-state index is 0.833. The minimum atomic E-state index is -2.17. The van der Waals surface area contributed by atoms with E-state index >= 15 is 0 Å². The summed E-state index contributed by atoms with van der Waals surface area (Å²) in [6, 6.07) is 0. The van der Waals surface area contributed by atoms with Gasteiger partial charge in [-0.05, 0) is 0 Å². The second-order valence-corrected chi connectivity index (χ2v) is 2.42. The van der Waals surface area contributed by atoms with Gasteiger partial charge >= 0.3 is 7.32 Å². The number of rotatable bonds is 0. The predicted molar refractivity (Wildman–Crippen MR) is 65.6 cm³/mol. The molecule has 11 nitrogen and oxygen atoms in total. The third-order valence-corrected chi connectivity index (χ3v) is 0. The summed E-state index contributed by atoms with van der Waals surface area (Å²) in [5.74, 6) is -3.33. The fraction of sp³-hybridized carbons (Fsp3) is 0.500. The Labute approximate surface area is 114 Å². The number of hydrogen-bond acceptors (Lipinski definition) is 7. The number of hydrogen-bond donors (Lipinski definition) is 7. The van der Waals surface area contributed by atoms with Gasteiger partial charge < -0.3 is 35.5 Å². The van der Waals surface area contributed by atoms with Crippen LogP contribution >= 0.6 is 0 Å². The van der Waals surface area contributed by atoms with Crippen molar-refractivity contribution in [1.82, 2.24) is 0 Å². The van der Waals surface area contributed by atoms with Crippen LogP contribution in [0.25, 0.3) is 0 Å². The van der Waals surface area contributed by atoms with E-state index in [-0.39, 0.29) is 0 Å². The molecule has 0 saturated heterocycles. The van der Waals surface area contributed by atoms with Gasteiger partial charge in [0.2, 0.25) is 0 Å². The molecule has 0 radical (unpaired) electrons. The average molecular weight is 302 g/mol. The lowest BCUT2D eigenvalue weighted by molar-refractivity contribution is -0.135. The molecular weight excluding hydrogens is 283 g/mol. The third-order valence-electron chi connectivity index (χ3n) is 0. The summed E-state index contributed by atoms with van der Waals surface area (Å²) < 4.78 is 0. The molecule has 0 unspecified atom stereocenters. The molecule has 7 N–H and O–H groups in total. The van der Waals surface area contributed by atoms with Crippen LogP contribution in [0.4, 0.5) is 0 Å². The molecule has 0 aliphatic heterocycles. The molecule has 0 atom stereocenters. The normalized spacial score (nSPS) is 6.35. The van der Waals surface area contributed by atoms with Crippen molar-refractivity contribution in [2.24, 2.45) is 0 Å². The van der Waals surface area contributed by atoms with E-state index < -0.39 is 31.2 Å². The van der Waals surface area contributed by atoms with E-state index in [0.29, 0.717) is 0 Å². The largest absolute Gasteiger partial charge is 0.631 e. The molecule has 0 spiro atoms. The van der Waals surface area contributed by atoms with E-state index in [9.17, 15) is 0 Å². The highest BCUT2D eigenvalue weighted by Gasteiger charge is 1.92. The fourth-order valence-corrected chi connectivity index (χ4v) is 0. The maximum atomic E-state index is 9.00. The molecule has 0 aliphatic rings. The van der Waals surface area contributed by atoms with Crippen LogP contribution in [0, 0.1) is 0 Å². The number of aliphatic carboxylic acids is 4. The van der Waals surface area contributed by atoms with Crippen LogP contribution in [0.5, 0.6) is 0 Å². The van der Waals surface area contributed by atoms with Crippen LogP contribution in [0.1, 0.15) is 27.7 Å². The molecular formula is C8H19BO11. The maximum Gasteiger partial charge on any atom is 0.631 e. The van der Waals surface area contributed by atoms with Crippen molar-refractivity contribution in [2.75, 3.05) is 0 Å². The first kappa shape index (κ1) is 30.7. The van der Waals surface area contributed by atoms with Gasteiger partial charge in [0.15, 0.2) is 0 Å². The van der Waals surface area contributed by atoms with E-state index in [2.05, 4.69) is 0 Å². The summed E-state index contributed by atoms with van der Waals surface area (Å²) in [5.41, 5.74) is 0. The smallest absolute Gasteiger partial charge is 0.481 e. The van der Waals surface area contributed by atoms with Crippen molar-refractivity contribution in [2.45, 2.75) is 27.7 Å². The minimum Gasteiger partial charge on any atom is -0.481 e. The highest BCUT2D eigenvalue weighted by atomic mass is 16.5. The van der Waals surface area contributed by atoms with E-state index in [1.807, 2.05) is 0 Å². The molecule has 20 heavy (non-hydrogen) atoms. The van der Waals surface area contributed by atoms with Crippen molar-refractivity contribution in [1.29, 1.82) is 0 Å². The summed E-state index contributed by atoms with van der Waals surface area (Å²) in [6.07, 6.45) is 0. The van der Waals surface area contributed by atoms with Crippen molar-refractivity contribution in [3.05, 3.63) is 0 Å². The Kier molecular flexibility index (Phi) is 39.3. The standard InChI is InChI=1S/4C2H4O2.BH3O3/c4*1-2(3)4;2-1(3)4/h4*1H3,(H,3,4);2-4H. The molecule has 0 saturated carbocycles. The second kappa shape index (κ2) is 25.6. The highest BCUT2D eigenvalue weighted by molar-refractivity contribution is 6.30. The summed E-state index contributed by atoms with van der Waals surface area (Å²) in [6.45, 7) is 4.33. The molecule has 0 rings (SSSR count). The van der Waals surface area contributed by atoms with Crippen molar-refractivity contribution in [3.63, 3.8) is 0 Å².